The van der Waals surface area contributed by atoms with Crippen molar-refractivity contribution in [1.29, 1.82) is 0 Å². The van der Waals surface area contributed by atoms with Crippen LogP contribution in [0.2, 0.25) is 0 Å². The van der Waals surface area contributed by atoms with Gasteiger partial charge in [-0.05, 0) is 43.4 Å². The summed E-state index contributed by atoms with van der Waals surface area (Å²) in [5, 5.41) is 15.3. The summed E-state index contributed by atoms with van der Waals surface area (Å²) in [6.07, 6.45) is 5.63. The van der Waals surface area contributed by atoms with Gasteiger partial charge in [-0.2, -0.15) is 0 Å². The molecule has 7 heteroatoms. The molecule has 3 amide bonds. The van der Waals surface area contributed by atoms with Crippen molar-refractivity contribution in [2.75, 3.05) is 25.5 Å². The van der Waals surface area contributed by atoms with Crippen LogP contribution in [0.5, 0.6) is 0 Å². The maximum Gasteiger partial charge on any atom is 0.247 e. The van der Waals surface area contributed by atoms with Crippen molar-refractivity contribution in [2.45, 2.75) is 39.7 Å². The third kappa shape index (κ3) is 4.37. The van der Waals surface area contributed by atoms with E-state index >= 15 is 0 Å². The number of likely N-dealkylation sites (tertiary alicyclic amines) is 1. The predicted molar refractivity (Wildman–Crippen MR) is 119 cm³/mol. The summed E-state index contributed by atoms with van der Waals surface area (Å²) in [5.74, 6) is -2.30. The van der Waals surface area contributed by atoms with E-state index in [9.17, 15) is 19.5 Å². The first-order chi connectivity index (χ1) is 14.8. The molecule has 7 nitrogen and oxygen atoms in total. The first-order valence-corrected chi connectivity index (χ1v) is 11.0. The zero-order chi connectivity index (χ0) is 22.7. The second kappa shape index (κ2) is 9.64. The van der Waals surface area contributed by atoms with Gasteiger partial charge in [0, 0.05) is 25.2 Å². The molecule has 3 N–H and O–H groups in total. The molecular formula is C24H33N3O4. The second-order valence-electron chi connectivity index (χ2n) is 8.59. The lowest BCUT2D eigenvalue weighted by molar-refractivity contribution is -0.140. The SMILES string of the molecule is CCC[C@@H]1C=C[C@H]2[C@@H](C(=O)N(CCO)[C@@H]2C(=O)Nc2cc(C)ccc2C)[C@@H]1C(=O)NC. The monoisotopic (exact) mass is 427 g/mol. The van der Waals surface area contributed by atoms with Crippen LogP contribution in [0.4, 0.5) is 5.69 Å². The van der Waals surface area contributed by atoms with E-state index < -0.39 is 23.8 Å². The van der Waals surface area contributed by atoms with Gasteiger partial charge in [0.2, 0.25) is 17.7 Å². The topological polar surface area (TPSA) is 98.7 Å². The fourth-order valence-corrected chi connectivity index (χ4v) is 5.06. The fraction of sp³-hybridized carbons (Fsp3) is 0.542. The Morgan fingerprint density at radius 1 is 1.16 bits per heavy atom. The number of amides is 3. The molecule has 3 rings (SSSR count). The minimum Gasteiger partial charge on any atom is -0.395 e. The molecule has 0 spiro atoms. The molecule has 0 saturated carbocycles. The Morgan fingerprint density at radius 2 is 1.90 bits per heavy atom. The van der Waals surface area contributed by atoms with E-state index in [-0.39, 0.29) is 36.8 Å². The molecule has 1 aliphatic carbocycles. The molecule has 0 aromatic heterocycles. The number of nitrogens with zero attached hydrogens (tertiary/aromatic N) is 1. The predicted octanol–water partition coefficient (Wildman–Crippen LogP) is 2.03. The van der Waals surface area contributed by atoms with E-state index in [2.05, 4.69) is 17.6 Å². The van der Waals surface area contributed by atoms with E-state index in [4.69, 9.17) is 0 Å². The van der Waals surface area contributed by atoms with Crippen LogP contribution in [0.15, 0.2) is 30.4 Å². The molecule has 31 heavy (non-hydrogen) atoms. The number of rotatable bonds is 7. The summed E-state index contributed by atoms with van der Waals surface area (Å²) in [5.41, 5.74) is 2.66. The van der Waals surface area contributed by atoms with Crippen LogP contribution in [0, 0.1) is 37.5 Å². The molecule has 1 saturated heterocycles. The van der Waals surface area contributed by atoms with Crippen LogP contribution in [-0.4, -0.2) is 54.0 Å². The smallest absolute Gasteiger partial charge is 0.247 e. The highest BCUT2D eigenvalue weighted by Gasteiger charge is 2.56. The third-order valence-electron chi connectivity index (χ3n) is 6.54. The highest BCUT2D eigenvalue weighted by Crippen LogP contribution is 2.45. The molecule has 2 aliphatic rings. The van der Waals surface area contributed by atoms with Gasteiger partial charge in [0.25, 0.3) is 0 Å². The fourth-order valence-electron chi connectivity index (χ4n) is 5.06. The Hall–Kier alpha value is -2.67. The van der Waals surface area contributed by atoms with Crippen LogP contribution in [0.3, 0.4) is 0 Å². The van der Waals surface area contributed by atoms with Crippen molar-refractivity contribution in [1.82, 2.24) is 10.2 Å². The number of β-amino-alcohol motifs (C(OH)–C–C–N with tert-alkyl or cyclic N) is 1. The number of allylic oxidation sites excluding steroid dienone is 1. The largest absolute Gasteiger partial charge is 0.395 e. The molecule has 5 atom stereocenters. The zero-order valence-electron chi connectivity index (χ0n) is 18.7. The van der Waals surface area contributed by atoms with Gasteiger partial charge in [-0.25, -0.2) is 0 Å². The summed E-state index contributed by atoms with van der Waals surface area (Å²) < 4.78 is 0. The summed E-state index contributed by atoms with van der Waals surface area (Å²) in [6, 6.07) is 5.05. The Morgan fingerprint density at radius 3 is 2.55 bits per heavy atom. The lowest BCUT2D eigenvalue weighted by atomic mass is 9.68. The van der Waals surface area contributed by atoms with Gasteiger partial charge in [0.05, 0.1) is 18.4 Å². The number of benzene rings is 1. The van der Waals surface area contributed by atoms with Crippen molar-refractivity contribution in [3.8, 4) is 0 Å². The van der Waals surface area contributed by atoms with Crippen LogP contribution in [0.1, 0.15) is 30.9 Å². The van der Waals surface area contributed by atoms with E-state index in [0.29, 0.717) is 5.69 Å². The van der Waals surface area contributed by atoms with Crippen molar-refractivity contribution >= 4 is 23.4 Å². The zero-order valence-corrected chi connectivity index (χ0v) is 18.7. The molecule has 1 aliphatic heterocycles. The van der Waals surface area contributed by atoms with Crippen LogP contribution < -0.4 is 10.6 Å². The number of carbonyl (C=O) groups excluding carboxylic acids is 3. The van der Waals surface area contributed by atoms with Gasteiger partial charge >= 0.3 is 0 Å². The maximum absolute atomic E-state index is 13.4. The lowest BCUT2D eigenvalue weighted by Gasteiger charge is -2.34. The van der Waals surface area contributed by atoms with E-state index in [1.807, 2.05) is 44.2 Å². The van der Waals surface area contributed by atoms with Gasteiger partial charge in [-0.3, -0.25) is 14.4 Å². The second-order valence-corrected chi connectivity index (χ2v) is 8.59. The third-order valence-corrected chi connectivity index (χ3v) is 6.54. The minimum atomic E-state index is -0.768. The Bertz CT molecular complexity index is 882. The highest BCUT2D eigenvalue weighted by molar-refractivity contribution is 6.02. The van der Waals surface area contributed by atoms with Crippen molar-refractivity contribution in [2.24, 2.45) is 23.7 Å². The van der Waals surface area contributed by atoms with E-state index in [1.165, 1.54) is 4.90 Å². The average molecular weight is 428 g/mol. The Kier molecular flexibility index (Phi) is 7.15. The number of aliphatic hydroxyl groups excluding tert-OH is 1. The van der Waals surface area contributed by atoms with Crippen LogP contribution >= 0.6 is 0 Å². The highest BCUT2D eigenvalue weighted by atomic mass is 16.3. The van der Waals surface area contributed by atoms with Gasteiger partial charge in [0.1, 0.15) is 6.04 Å². The summed E-state index contributed by atoms with van der Waals surface area (Å²) in [7, 11) is 1.58. The van der Waals surface area contributed by atoms with Gasteiger partial charge in [-0.1, -0.05) is 37.6 Å². The maximum atomic E-state index is 13.4. The number of hydrogen-bond donors (Lipinski definition) is 3. The quantitative estimate of drug-likeness (QED) is 0.580. The molecule has 1 heterocycles. The van der Waals surface area contributed by atoms with Crippen molar-refractivity contribution < 1.29 is 19.5 Å². The molecule has 0 bridgehead atoms. The molecular weight excluding hydrogens is 394 g/mol. The Balaban J connectivity index is 1.98. The number of fused-ring (bicyclic) bond motifs is 1. The number of aryl methyl sites for hydroxylation is 2. The standard InChI is InChI=1S/C24H33N3O4/c1-5-6-16-9-10-17-20(19(16)22(29)25-4)24(31)27(11-12-28)21(17)23(30)26-18-13-14(2)7-8-15(18)3/h7-10,13,16-17,19-21,28H,5-6,11-12H2,1-4H3,(H,25,29)(H,26,30)/t16-,17+,19-,20-,21+/m1/s1. The van der Waals surface area contributed by atoms with E-state index in [0.717, 1.165) is 24.0 Å². The molecule has 168 valence electrons. The molecule has 0 unspecified atom stereocenters. The normalized spacial score (nSPS) is 27.2. The van der Waals surface area contributed by atoms with Gasteiger partial charge in [0.15, 0.2) is 0 Å². The molecule has 0 radical (unpaired) electrons. The Labute approximate surface area is 183 Å². The summed E-state index contributed by atoms with van der Waals surface area (Å²) in [4.78, 5) is 41.1. The molecule has 1 aromatic rings. The first kappa shape index (κ1) is 23.0. The number of hydrogen-bond acceptors (Lipinski definition) is 4. The molecule has 1 aromatic carbocycles. The van der Waals surface area contributed by atoms with Crippen molar-refractivity contribution in [3.05, 3.63) is 41.5 Å². The van der Waals surface area contributed by atoms with E-state index in [1.54, 1.807) is 7.05 Å². The average Bonchev–Trinajstić information content (AvgIpc) is 3.02. The van der Waals surface area contributed by atoms with Gasteiger partial charge < -0.3 is 20.6 Å². The van der Waals surface area contributed by atoms with Gasteiger partial charge in [-0.15, -0.1) is 0 Å². The van der Waals surface area contributed by atoms with Crippen LogP contribution in [-0.2, 0) is 14.4 Å². The summed E-state index contributed by atoms with van der Waals surface area (Å²) in [6.45, 7) is 5.74. The molecule has 1 fully saturated rings. The first-order valence-electron chi connectivity index (χ1n) is 11.0. The van der Waals surface area contributed by atoms with Crippen LogP contribution in [0.25, 0.3) is 0 Å². The number of aliphatic hydroxyl groups is 1. The number of carbonyl (C=O) groups is 3. The minimum absolute atomic E-state index is 0.0491. The lowest BCUT2D eigenvalue weighted by Crippen LogP contribution is -2.45. The number of anilines is 1. The number of nitrogens with one attached hydrogen (secondary N) is 2. The summed E-state index contributed by atoms with van der Waals surface area (Å²) >= 11 is 0. The van der Waals surface area contributed by atoms with Crippen molar-refractivity contribution in [3.63, 3.8) is 0 Å².